The van der Waals surface area contributed by atoms with Gasteiger partial charge in [-0.25, -0.2) is 0 Å². The fourth-order valence-electron chi connectivity index (χ4n) is 5.74. The smallest absolute Gasteiger partial charge is 0.258 e. The van der Waals surface area contributed by atoms with Crippen molar-refractivity contribution in [2.45, 2.75) is 0 Å². The van der Waals surface area contributed by atoms with Gasteiger partial charge in [0.2, 0.25) is 0 Å². The Labute approximate surface area is 216 Å². The van der Waals surface area contributed by atoms with Crippen molar-refractivity contribution < 1.29 is 4.42 Å². The first-order chi connectivity index (χ1) is 18.3. The lowest BCUT2D eigenvalue weighted by molar-refractivity contribution is -0.417. The molecule has 0 unspecified atom stereocenters. The number of hydrogen-bond acceptors (Lipinski definition) is 0. The van der Waals surface area contributed by atoms with Crippen molar-refractivity contribution in [2.75, 3.05) is 7.11 Å². The lowest BCUT2D eigenvalue weighted by Crippen LogP contribution is -2.02. The van der Waals surface area contributed by atoms with Crippen LogP contribution in [0, 0.1) is 0 Å². The van der Waals surface area contributed by atoms with Crippen LogP contribution in [-0.2, 0) is 4.42 Å². The molecule has 0 radical (unpaired) electrons. The maximum Gasteiger partial charge on any atom is 0.343 e. The highest BCUT2D eigenvalue weighted by molar-refractivity contribution is 6.20. The maximum atomic E-state index is 5.53. The Kier molecular flexibility index (Phi) is 5.08. The molecule has 0 heterocycles. The fraction of sp³-hybridized carbons (Fsp3) is 0.0278. The molecule has 0 N–H and O–H groups in total. The Morgan fingerprint density at radius 3 is 1.16 bits per heavy atom. The molecule has 0 saturated carbocycles. The van der Waals surface area contributed by atoms with Gasteiger partial charge in [0.1, 0.15) is 0 Å². The molecule has 0 spiro atoms. The summed E-state index contributed by atoms with van der Waals surface area (Å²) in [5, 5.41) is 9.98. The van der Waals surface area contributed by atoms with Crippen LogP contribution in [0.2, 0.25) is 0 Å². The molecular weight excluding hydrogens is 448 g/mol. The van der Waals surface area contributed by atoms with Gasteiger partial charge in [-0.05, 0) is 89.6 Å². The van der Waals surface area contributed by atoms with Crippen LogP contribution in [0.4, 0.5) is 0 Å². The summed E-state index contributed by atoms with van der Waals surface area (Å²) in [6.07, 6.45) is 8.52. The number of rotatable bonds is 2. The number of fused-ring (bicyclic) bond motifs is 4. The molecule has 0 aromatic heterocycles. The number of ketones is 1. The summed E-state index contributed by atoms with van der Waals surface area (Å²) in [5.41, 5.74) is 4.94. The van der Waals surface area contributed by atoms with E-state index in [4.69, 9.17) is 4.42 Å². The molecule has 0 saturated heterocycles. The molecule has 1 aliphatic rings. The number of allylic oxidation sites excluding steroid dienone is 5. The summed E-state index contributed by atoms with van der Waals surface area (Å²) in [6.45, 7) is 0. The van der Waals surface area contributed by atoms with E-state index >= 15 is 0 Å². The second-order valence-corrected chi connectivity index (χ2v) is 9.49. The van der Waals surface area contributed by atoms with Gasteiger partial charge in [-0.3, -0.25) is 4.42 Å². The van der Waals surface area contributed by atoms with Crippen molar-refractivity contribution >= 4 is 54.4 Å². The SMILES string of the molecule is C[O+]=C1C=CC(=C(c2c3ccccc3cc3ccccc23)c2c3ccccc3cc3ccccc23)C=C1. The third kappa shape index (κ3) is 3.51. The summed E-state index contributed by atoms with van der Waals surface area (Å²) < 4.78 is 5.53. The monoisotopic (exact) mass is 473 g/mol. The van der Waals surface area contributed by atoms with Crippen molar-refractivity contribution in [3.05, 3.63) is 150 Å². The van der Waals surface area contributed by atoms with Gasteiger partial charge < -0.3 is 0 Å². The molecule has 174 valence electrons. The van der Waals surface area contributed by atoms with Gasteiger partial charge in [-0.1, -0.05) is 97.1 Å². The minimum atomic E-state index is 0.855. The molecule has 6 aromatic rings. The Morgan fingerprint density at radius 2 is 0.811 bits per heavy atom. The Hall–Kier alpha value is -4.75. The Balaban J connectivity index is 1.74. The molecule has 7 rings (SSSR count). The Bertz CT molecular complexity index is 1730. The van der Waals surface area contributed by atoms with E-state index in [9.17, 15) is 0 Å². The van der Waals surface area contributed by atoms with Crippen LogP contribution in [0.5, 0.6) is 0 Å². The van der Waals surface area contributed by atoms with E-state index in [0.717, 1.165) is 5.78 Å². The highest BCUT2D eigenvalue weighted by Crippen LogP contribution is 2.44. The summed E-state index contributed by atoms with van der Waals surface area (Å²) in [7, 11) is 1.72. The van der Waals surface area contributed by atoms with E-state index in [1.54, 1.807) is 7.11 Å². The van der Waals surface area contributed by atoms with E-state index in [0.29, 0.717) is 0 Å². The van der Waals surface area contributed by atoms with Crippen molar-refractivity contribution in [1.29, 1.82) is 0 Å². The van der Waals surface area contributed by atoms with E-state index in [-0.39, 0.29) is 0 Å². The second-order valence-electron chi connectivity index (χ2n) is 9.49. The molecule has 1 heteroatoms. The van der Waals surface area contributed by atoms with E-state index in [1.807, 2.05) is 0 Å². The molecule has 37 heavy (non-hydrogen) atoms. The number of benzene rings is 6. The van der Waals surface area contributed by atoms with Crippen LogP contribution in [-0.4, -0.2) is 12.9 Å². The van der Waals surface area contributed by atoms with Crippen molar-refractivity contribution in [1.82, 2.24) is 0 Å². The lowest BCUT2D eigenvalue weighted by atomic mass is 9.81. The van der Waals surface area contributed by atoms with Crippen LogP contribution in [0.15, 0.2) is 139 Å². The van der Waals surface area contributed by atoms with Crippen LogP contribution in [0.25, 0.3) is 48.7 Å². The lowest BCUT2D eigenvalue weighted by Gasteiger charge is -2.21. The largest absolute Gasteiger partial charge is 0.343 e. The quantitative estimate of drug-likeness (QED) is 0.176. The normalized spacial score (nSPS) is 13.2. The second kappa shape index (κ2) is 8.72. The van der Waals surface area contributed by atoms with Crippen molar-refractivity contribution in [2.24, 2.45) is 0 Å². The summed E-state index contributed by atoms with van der Waals surface area (Å²) >= 11 is 0. The highest BCUT2D eigenvalue weighted by Gasteiger charge is 2.22. The molecular formula is C36H25O+. The van der Waals surface area contributed by atoms with Gasteiger partial charge in [0.25, 0.3) is 7.11 Å². The van der Waals surface area contributed by atoms with Gasteiger partial charge in [-0.15, -0.1) is 0 Å². The van der Waals surface area contributed by atoms with Gasteiger partial charge in [0, 0.05) is 12.2 Å². The zero-order valence-corrected chi connectivity index (χ0v) is 20.6. The van der Waals surface area contributed by atoms with Gasteiger partial charge in [0.15, 0.2) is 0 Å². The first-order valence-corrected chi connectivity index (χ1v) is 12.6. The predicted molar refractivity (Wildman–Crippen MR) is 158 cm³/mol. The first-order valence-electron chi connectivity index (χ1n) is 12.6. The summed E-state index contributed by atoms with van der Waals surface area (Å²) in [5.74, 6) is 0.855. The van der Waals surface area contributed by atoms with E-state index in [1.165, 1.54) is 65.4 Å². The third-order valence-corrected chi connectivity index (χ3v) is 7.42. The molecule has 1 aliphatic carbocycles. The average molecular weight is 474 g/mol. The molecule has 1 nitrogen and oxygen atoms in total. The minimum absolute atomic E-state index is 0.855. The molecule has 0 aliphatic heterocycles. The average Bonchev–Trinajstić information content (AvgIpc) is 2.96. The van der Waals surface area contributed by atoms with Crippen molar-refractivity contribution in [3.63, 3.8) is 0 Å². The standard InChI is InChI=1S/C36H25O/c1-37-29-20-18-24(19-21-29)34(35-30-14-6-2-10-25(30)22-26-11-3-7-15-31(26)35)36-32-16-8-4-12-27(32)23-28-13-5-9-17-33(28)36/h2-23H,1H3/q+1. The summed E-state index contributed by atoms with van der Waals surface area (Å²) in [4.78, 5) is 0. The van der Waals surface area contributed by atoms with Crippen LogP contribution in [0.3, 0.4) is 0 Å². The Morgan fingerprint density at radius 1 is 0.459 bits per heavy atom. The van der Waals surface area contributed by atoms with Crippen LogP contribution >= 0.6 is 0 Å². The minimum Gasteiger partial charge on any atom is -0.258 e. The fourth-order valence-corrected chi connectivity index (χ4v) is 5.74. The van der Waals surface area contributed by atoms with Gasteiger partial charge >= 0.3 is 5.78 Å². The van der Waals surface area contributed by atoms with Crippen LogP contribution in [0.1, 0.15) is 11.1 Å². The molecule has 0 bridgehead atoms. The highest BCUT2D eigenvalue weighted by atomic mass is 16.4. The van der Waals surface area contributed by atoms with Gasteiger partial charge in [-0.2, -0.15) is 0 Å². The molecule has 0 amide bonds. The molecule has 0 fully saturated rings. The van der Waals surface area contributed by atoms with Crippen LogP contribution < -0.4 is 0 Å². The number of hydrogen-bond donors (Lipinski definition) is 0. The van der Waals surface area contributed by atoms with Gasteiger partial charge in [0.05, 0.1) is 0 Å². The molecule has 6 aromatic carbocycles. The zero-order valence-electron chi connectivity index (χ0n) is 20.6. The zero-order chi connectivity index (χ0) is 24.8. The predicted octanol–water partition coefficient (Wildman–Crippen LogP) is 8.96. The summed E-state index contributed by atoms with van der Waals surface area (Å²) in [6, 6.07) is 39.6. The maximum absolute atomic E-state index is 5.53. The number of carbonyl (C=O) groups excluding carboxylic acids is 1. The first kappa shape index (κ1) is 21.5. The van der Waals surface area contributed by atoms with E-state index in [2.05, 4.69) is 133 Å². The third-order valence-electron chi connectivity index (χ3n) is 7.42. The van der Waals surface area contributed by atoms with Crippen molar-refractivity contribution in [3.8, 4) is 0 Å². The van der Waals surface area contributed by atoms with E-state index < -0.39 is 0 Å². The topological polar surface area (TPSA) is 11.3 Å². The molecule has 0 atom stereocenters.